The molecule has 3 aromatic heterocycles. The fraction of sp³-hybridized carbons (Fsp3) is 0.105. The zero-order chi connectivity index (χ0) is 18.3. The number of anilines is 1. The highest BCUT2D eigenvalue weighted by atomic mass is 32.1. The third-order valence-electron chi connectivity index (χ3n) is 3.94. The summed E-state index contributed by atoms with van der Waals surface area (Å²) in [5.41, 5.74) is 2.15. The summed E-state index contributed by atoms with van der Waals surface area (Å²) in [6.45, 7) is 3.68. The Labute approximate surface area is 157 Å². The number of rotatable bonds is 3. The number of hydrogen-bond donors (Lipinski definition) is 1. The van der Waals surface area contributed by atoms with Gasteiger partial charge in [-0.3, -0.25) is 4.79 Å². The predicted molar refractivity (Wildman–Crippen MR) is 105 cm³/mol. The Kier molecular flexibility index (Phi) is 4.18. The molecule has 130 valence electrons. The highest BCUT2D eigenvalue weighted by Gasteiger charge is 2.17. The summed E-state index contributed by atoms with van der Waals surface area (Å²) in [5, 5.41) is 6.52. The van der Waals surface area contributed by atoms with Gasteiger partial charge in [-0.2, -0.15) is 0 Å². The SMILES string of the molecule is Cc1nc(-c2cccs2)sc1C(=O)Nc1ccc2c(C)cc(=O)oc2c1. The van der Waals surface area contributed by atoms with Crippen LogP contribution < -0.4 is 10.9 Å². The summed E-state index contributed by atoms with van der Waals surface area (Å²) in [4.78, 5) is 30.3. The summed E-state index contributed by atoms with van der Waals surface area (Å²) in [5.74, 6) is -0.225. The Balaban J connectivity index is 1.64. The number of benzene rings is 1. The smallest absolute Gasteiger partial charge is 0.336 e. The molecule has 0 spiro atoms. The van der Waals surface area contributed by atoms with Crippen LogP contribution in [0.15, 0.2) is 51.0 Å². The van der Waals surface area contributed by atoms with E-state index in [4.69, 9.17) is 4.42 Å². The topological polar surface area (TPSA) is 72.2 Å². The molecule has 0 aliphatic rings. The van der Waals surface area contributed by atoms with Crippen LogP contribution in [0.1, 0.15) is 20.9 Å². The molecule has 0 saturated carbocycles. The normalized spacial score (nSPS) is 11.0. The molecule has 0 aliphatic carbocycles. The number of carbonyl (C=O) groups excluding carboxylic acids is 1. The Morgan fingerprint density at radius 2 is 2.04 bits per heavy atom. The van der Waals surface area contributed by atoms with Gasteiger partial charge < -0.3 is 9.73 Å². The molecule has 1 N–H and O–H groups in total. The second-order valence-corrected chi connectivity index (χ2v) is 7.77. The van der Waals surface area contributed by atoms with Crippen LogP contribution in [-0.2, 0) is 0 Å². The van der Waals surface area contributed by atoms with E-state index in [1.54, 1.807) is 23.5 Å². The molecule has 0 radical (unpaired) electrons. The van der Waals surface area contributed by atoms with Crippen molar-refractivity contribution in [3.63, 3.8) is 0 Å². The summed E-state index contributed by atoms with van der Waals surface area (Å²) >= 11 is 2.96. The van der Waals surface area contributed by atoms with Crippen LogP contribution in [0.4, 0.5) is 5.69 Å². The third-order valence-corrected chi connectivity index (χ3v) is 6.14. The summed E-state index contributed by atoms with van der Waals surface area (Å²) < 4.78 is 5.23. The molecule has 1 aromatic carbocycles. The van der Waals surface area contributed by atoms with Crippen LogP contribution in [0.3, 0.4) is 0 Å². The van der Waals surface area contributed by atoms with E-state index in [9.17, 15) is 9.59 Å². The predicted octanol–water partition coefficient (Wildman–Crippen LogP) is 4.85. The van der Waals surface area contributed by atoms with E-state index >= 15 is 0 Å². The second-order valence-electron chi connectivity index (χ2n) is 5.82. The number of carbonyl (C=O) groups is 1. The maximum absolute atomic E-state index is 12.7. The second kappa shape index (κ2) is 6.51. The van der Waals surface area contributed by atoms with Crippen molar-refractivity contribution in [1.82, 2.24) is 4.98 Å². The zero-order valence-corrected chi connectivity index (χ0v) is 15.7. The van der Waals surface area contributed by atoms with Crippen molar-refractivity contribution in [2.24, 2.45) is 0 Å². The molecule has 0 bridgehead atoms. The molecule has 3 heterocycles. The summed E-state index contributed by atoms with van der Waals surface area (Å²) in [6, 6.07) is 10.7. The first-order valence-corrected chi connectivity index (χ1v) is 9.58. The Hall–Kier alpha value is -2.77. The number of thiophene rings is 1. The fourth-order valence-electron chi connectivity index (χ4n) is 2.70. The first kappa shape index (κ1) is 16.7. The molecule has 0 aliphatic heterocycles. The molecule has 4 aromatic rings. The van der Waals surface area contributed by atoms with E-state index in [0.717, 1.165) is 20.8 Å². The zero-order valence-electron chi connectivity index (χ0n) is 14.0. The molecule has 4 rings (SSSR count). The first-order chi connectivity index (χ1) is 12.5. The van der Waals surface area contributed by atoms with Crippen molar-refractivity contribution in [2.45, 2.75) is 13.8 Å². The van der Waals surface area contributed by atoms with Crippen LogP contribution in [0.2, 0.25) is 0 Å². The Bertz CT molecular complexity index is 1170. The van der Waals surface area contributed by atoms with Gasteiger partial charge in [0.05, 0.1) is 10.6 Å². The Morgan fingerprint density at radius 3 is 2.81 bits per heavy atom. The minimum Gasteiger partial charge on any atom is -0.423 e. The maximum Gasteiger partial charge on any atom is 0.336 e. The van der Waals surface area contributed by atoms with Gasteiger partial charge >= 0.3 is 5.63 Å². The number of aromatic nitrogens is 1. The van der Waals surface area contributed by atoms with Crippen molar-refractivity contribution in [3.8, 4) is 9.88 Å². The van der Waals surface area contributed by atoms with Crippen LogP contribution in [0, 0.1) is 13.8 Å². The number of fused-ring (bicyclic) bond motifs is 1. The number of aryl methyl sites for hydroxylation is 2. The van der Waals surface area contributed by atoms with Gasteiger partial charge in [-0.15, -0.1) is 22.7 Å². The lowest BCUT2D eigenvalue weighted by atomic mass is 10.1. The number of nitrogens with zero attached hydrogens (tertiary/aromatic N) is 1. The molecule has 0 atom stereocenters. The van der Waals surface area contributed by atoms with Gasteiger partial charge in [0, 0.05) is 23.2 Å². The van der Waals surface area contributed by atoms with Gasteiger partial charge in [0.15, 0.2) is 0 Å². The van der Waals surface area contributed by atoms with Gasteiger partial charge in [-0.1, -0.05) is 6.07 Å². The monoisotopic (exact) mass is 382 g/mol. The minimum absolute atomic E-state index is 0.225. The largest absolute Gasteiger partial charge is 0.423 e. The van der Waals surface area contributed by atoms with Crippen LogP contribution in [0.5, 0.6) is 0 Å². The third kappa shape index (κ3) is 3.07. The molecule has 0 fully saturated rings. The Morgan fingerprint density at radius 1 is 1.19 bits per heavy atom. The van der Waals surface area contributed by atoms with E-state index < -0.39 is 5.63 Å². The summed E-state index contributed by atoms with van der Waals surface area (Å²) in [6.07, 6.45) is 0. The van der Waals surface area contributed by atoms with Crippen LogP contribution in [0.25, 0.3) is 20.9 Å². The number of nitrogens with one attached hydrogen (secondary N) is 1. The molecule has 0 unspecified atom stereocenters. The lowest BCUT2D eigenvalue weighted by Gasteiger charge is -2.06. The van der Waals surface area contributed by atoms with Crippen molar-refractivity contribution in [2.75, 3.05) is 5.32 Å². The van der Waals surface area contributed by atoms with Crippen LogP contribution >= 0.6 is 22.7 Å². The van der Waals surface area contributed by atoms with Gasteiger partial charge in [0.25, 0.3) is 5.91 Å². The molecule has 0 saturated heterocycles. The van der Waals surface area contributed by atoms with Crippen molar-refractivity contribution >= 4 is 45.2 Å². The maximum atomic E-state index is 12.7. The van der Waals surface area contributed by atoms with Crippen molar-refractivity contribution in [1.29, 1.82) is 0 Å². The molecule has 26 heavy (non-hydrogen) atoms. The van der Waals surface area contributed by atoms with Gasteiger partial charge in [-0.25, -0.2) is 9.78 Å². The molecular weight excluding hydrogens is 368 g/mol. The quantitative estimate of drug-likeness (QED) is 0.514. The standard InChI is InChI=1S/C19H14N2O3S2/c1-10-8-16(22)24-14-9-12(5-6-13(10)14)21-18(23)17-11(2)20-19(26-17)15-4-3-7-25-15/h3-9H,1-2H3,(H,21,23). The molecule has 7 heteroatoms. The van der Waals surface area contributed by atoms with Crippen molar-refractivity contribution < 1.29 is 9.21 Å². The van der Waals surface area contributed by atoms with Gasteiger partial charge in [0.1, 0.15) is 15.5 Å². The highest BCUT2D eigenvalue weighted by Crippen LogP contribution is 2.31. The van der Waals surface area contributed by atoms with Gasteiger partial charge in [-0.05, 0) is 43.0 Å². The fourth-order valence-corrected chi connectivity index (χ4v) is 4.46. The molecule has 1 amide bonds. The average Bonchev–Trinajstić information content (AvgIpc) is 3.23. The van der Waals surface area contributed by atoms with E-state index in [0.29, 0.717) is 21.8 Å². The van der Waals surface area contributed by atoms with E-state index in [-0.39, 0.29) is 5.91 Å². The van der Waals surface area contributed by atoms with E-state index in [1.807, 2.05) is 37.4 Å². The summed E-state index contributed by atoms with van der Waals surface area (Å²) in [7, 11) is 0. The van der Waals surface area contributed by atoms with Gasteiger partial charge in [0.2, 0.25) is 0 Å². The lowest BCUT2D eigenvalue weighted by Crippen LogP contribution is -2.11. The van der Waals surface area contributed by atoms with Crippen LogP contribution in [-0.4, -0.2) is 10.9 Å². The number of hydrogen-bond acceptors (Lipinski definition) is 6. The highest BCUT2D eigenvalue weighted by molar-refractivity contribution is 7.22. The van der Waals surface area contributed by atoms with E-state index in [1.165, 1.54) is 17.4 Å². The molecular formula is C19H14N2O3S2. The minimum atomic E-state index is -0.405. The number of amides is 1. The van der Waals surface area contributed by atoms with Crippen molar-refractivity contribution in [3.05, 3.63) is 68.3 Å². The van der Waals surface area contributed by atoms with E-state index in [2.05, 4.69) is 10.3 Å². The molecule has 5 nitrogen and oxygen atoms in total. The number of thiazole rings is 1. The first-order valence-electron chi connectivity index (χ1n) is 7.88. The average molecular weight is 382 g/mol. The lowest BCUT2D eigenvalue weighted by molar-refractivity contribution is 0.103.